The molecular weight excluding hydrogens is 246 g/mol. The maximum Gasteiger partial charge on any atom is 0.162 e. The topological polar surface area (TPSA) is 9.23 Å². The van der Waals surface area contributed by atoms with Gasteiger partial charge in [0, 0.05) is 6.07 Å². The predicted octanol–water partition coefficient (Wildman–Crippen LogP) is 4.20. The van der Waals surface area contributed by atoms with Crippen molar-refractivity contribution in [3.8, 4) is 5.75 Å². The minimum atomic E-state index is -0.984. The smallest absolute Gasteiger partial charge is 0.162 e. The molecule has 0 fully saturated rings. The Bertz CT molecular complexity index is 514. The summed E-state index contributed by atoms with van der Waals surface area (Å²) >= 11 is 5.74. The molecule has 2 rings (SSSR count). The Morgan fingerprint density at radius 3 is 2.35 bits per heavy atom. The molecule has 1 nitrogen and oxygen atoms in total. The minimum Gasteiger partial charge on any atom is -0.487 e. The van der Waals surface area contributed by atoms with Gasteiger partial charge in [-0.1, -0.05) is 41.9 Å². The van der Waals surface area contributed by atoms with Crippen LogP contribution < -0.4 is 4.74 Å². The fraction of sp³-hybridized carbons (Fsp3) is 0.0769. The van der Waals surface area contributed by atoms with Crippen molar-refractivity contribution in [3.63, 3.8) is 0 Å². The lowest BCUT2D eigenvalue weighted by Crippen LogP contribution is -1.97. The molecule has 0 aliphatic heterocycles. The summed E-state index contributed by atoms with van der Waals surface area (Å²) in [5.74, 6) is -1.83. The predicted molar refractivity (Wildman–Crippen MR) is 62.1 cm³/mol. The molecule has 0 aromatic heterocycles. The van der Waals surface area contributed by atoms with Crippen LogP contribution in [0.2, 0.25) is 5.02 Å². The van der Waals surface area contributed by atoms with Crippen LogP contribution in [-0.2, 0) is 6.61 Å². The second-order valence-corrected chi connectivity index (χ2v) is 3.88. The van der Waals surface area contributed by atoms with Crippen LogP contribution in [0.1, 0.15) is 5.56 Å². The number of hydrogen-bond acceptors (Lipinski definition) is 1. The average molecular weight is 255 g/mol. The van der Waals surface area contributed by atoms with E-state index >= 15 is 0 Å². The summed E-state index contributed by atoms with van der Waals surface area (Å²) in [7, 11) is 0. The molecule has 0 saturated heterocycles. The standard InChI is InChI=1S/C13H9ClF2O/c14-10-6-11(15)12(16)7-13(10)17-8-9-4-2-1-3-5-9/h1-7H,8H2. The molecule has 0 spiro atoms. The Balaban J connectivity index is 2.12. The van der Waals surface area contributed by atoms with Crippen molar-refractivity contribution in [1.82, 2.24) is 0 Å². The van der Waals surface area contributed by atoms with Crippen molar-refractivity contribution in [2.75, 3.05) is 0 Å². The van der Waals surface area contributed by atoms with Crippen LogP contribution in [0.15, 0.2) is 42.5 Å². The van der Waals surface area contributed by atoms with Crippen LogP contribution in [0.25, 0.3) is 0 Å². The first kappa shape index (κ1) is 11.9. The summed E-state index contributed by atoms with van der Waals surface area (Å²) in [5.41, 5.74) is 0.924. The van der Waals surface area contributed by atoms with Gasteiger partial charge in [0.2, 0.25) is 0 Å². The second-order valence-electron chi connectivity index (χ2n) is 3.47. The highest BCUT2D eigenvalue weighted by Gasteiger charge is 2.09. The molecule has 0 aliphatic rings. The summed E-state index contributed by atoms with van der Waals surface area (Å²) in [5, 5.41) is 0.0554. The molecule has 0 aliphatic carbocycles. The first-order valence-electron chi connectivity index (χ1n) is 4.98. The van der Waals surface area contributed by atoms with E-state index in [9.17, 15) is 8.78 Å². The third-order valence-electron chi connectivity index (χ3n) is 2.21. The van der Waals surface area contributed by atoms with Gasteiger partial charge in [-0.05, 0) is 11.6 Å². The molecule has 0 amide bonds. The van der Waals surface area contributed by atoms with E-state index in [0.717, 1.165) is 17.7 Å². The molecule has 2 aromatic rings. The maximum atomic E-state index is 13.0. The molecule has 0 saturated carbocycles. The van der Waals surface area contributed by atoms with E-state index in [1.165, 1.54) is 0 Å². The van der Waals surface area contributed by atoms with E-state index in [1.807, 2.05) is 30.3 Å². The van der Waals surface area contributed by atoms with Crippen LogP contribution >= 0.6 is 11.6 Å². The molecule has 0 heterocycles. The van der Waals surface area contributed by atoms with Gasteiger partial charge < -0.3 is 4.74 Å². The third-order valence-corrected chi connectivity index (χ3v) is 2.51. The lowest BCUT2D eigenvalue weighted by Gasteiger charge is -2.08. The van der Waals surface area contributed by atoms with E-state index < -0.39 is 11.6 Å². The van der Waals surface area contributed by atoms with Crippen molar-refractivity contribution in [3.05, 3.63) is 64.7 Å². The Morgan fingerprint density at radius 2 is 1.65 bits per heavy atom. The molecule has 0 bridgehead atoms. The van der Waals surface area contributed by atoms with Crippen molar-refractivity contribution in [1.29, 1.82) is 0 Å². The van der Waals surface area contributed by atoms with Crippen molar-refractivity contribution >= 4 is 11.6 Å². The molecule has 88 valence electrons. The molecule has 17 heavy (non-hydrogen) atoms. The van der Waals surface area contributed by atoms with Crippen molar-refractivity contribution in [2.45, 2.75) is 6.61 Å². The van der Waals surface area contributed by atoms with Gasteiger partial charge in [0.15, 0.2) is 11.6 Å². The van der Waals surface area contributed by atoms with E-state index in [1.54, 1.807) is 0 Å². The van der Waals surface area contributed by atoms with Crippen LogP contribution in [0.5, 0.6) is 5.75 Å². The van der Waals surface area contributed by atoms with Gasteiger partial charge in [0.1, 0.15) is 12.4 Å². The molecule has 2 aromatic carbocycles. The zero-order valence-corrected chi connectivity index (χ0v) is 9.55. The Labute approximate surface area is 103 Å². The fourth-order valence-corrected chi connectivity index (χ4v) is 1.56. The maximum absolute atomic E-state index is 13.0. The Kier molecular flexibility index (Phi) is 3.59. The highest BCUT2D eigenvalue weighted by molar-refractivity contribution is 6.32. The lowest BCUT2D eigenvalue weighted by molar-refractivity contribution is 0.303. The number of benzene rings is 2. The van der Waals surface area contributed by atoms with Gasteiger partial charge in [0.25, 0.3) is 0 Å². The molecule has 4 heteroatoms. The van der Waals surface area contributed by atoms with E-state index in [-0.39, 0.29) is 17.4 Å². The van der Waals surface area contributed by atoms with Crippen molar-refractivity contribution in [2.24, 2.45) is 0 Å². The van der Waals surface area contributed by atoms with Crippen LogP contribution in [0.4, 0.5) is 8.78 Å². The second kappa shape index (κ2) is 5.15. The summed E-state index contributed by atoms with van der Waals surface area (Å²) in [4.78, 5) is 0. The quantitative estimate of drug-likeness (QED) is 0.746. The van der Waals surface area contributed by atoms with Crippen LogP contribution in [-0.4, -0.2) is 0 Å². The molecule has 0 atom stereocenters. The van der Waals surface area contributed by atoms with Crippen molar-refractivity contribution < 1.29 is 13.5 Å². The van der Waals surface area contributed by atoms with E-state index in [0.29, 0.717) is 0 Å². The highest BCUT2D eigenvalue weighted by Crippen LogP contribution is 2.27. The first-order valence-corrected chi connectivity index (χ1v) is 5.36. The summed E-state index contributed by atoms with van der Waals surface area (Å²) < 4.78 is 31.1. The molecule has 0 unspecified atom stereocenters. The zero-order chi connectivity index (χ0) is 12.3. The van der Waals surface area contributed by atoms with E-state index in [4.69, 9.17) is 16.3 Å². The monoisotopic (exact) mass is 254 g/mol. The van der Waals surface area contributed by atoms with E-state index in [2.05, 4.69) is 0 Å². The highest BCUT2D eigenvalue weighted by atomic mass is 35.5. The number of rotatable bonds is 3. The first-order chi connectivity index (χ1) is 8.16. The van der Waals surface area contributed by atoms with Gasteiger partial charge in [-0.25, -0.2) is 8.78 Å². The van der Waals surface area contributed by atoms with Gasteiger partial charge in [-0.15, -0.1) is 0 Å². The summed E-state index contributed by atoms with van der Waals surface area (Å²) in [6.45, 7) is 0.256. The van der Waals surface area contributed by atoms with Crippen LogP contribution in [0.3, 0.4) is 0 Å². The summed E-state index contributed by atoms with van der Waals surface area (Å²) in [6.07, 6.45) is 0. The molecular formula is C13H9ClF2O. The normalized spacial score (nSPS) is 10.3. The van der Waals surface area contributed by atoms with Crippen LogP contribution in [0, 0.1) is 11.6 Å². The average Bonchev–Trinajstić information content (AvgIpc) is 2.33. The Morgan fingerprint density at radius 1 is 1.00 bits per heavy atom. The SMILES string of the molecule is Fc1cc(Cl)c(OCc2ccccc2)cc1F. The number of halogens is 3. The van der Waals surface area contributed by atoms with Gasteiger partial charge in [-0.3, -0.25) is 0 Å². The van der Waals surface area contributed by atoms with Gasteiger partial charge >= 0.3 is 0 Å². The summed E-state index contributed by atoms with van der Waals surface area (Å²) in [6, 6.07) is 11.2. The molecule has 0 radical (unpaired) electrons. The fourth-order valence-electron chi connectivity index (χ4n) is 1.35. The lowest BCUT2D eigenvalue weighted by atomic mass is 10.2. The Hall–Kier alpha value is -1.61. The van der Waals surface area contributed by atoms with Gasteiger partial charge in [0.05, 0.1) is 5.02 Å². The largest absolute Gasteiger partial charge is 0.487 e. The minimum absolute atomic E-state index is 0.0554. The zero-order valence-electron chi connectivity index (χ0n) is 8.79. The number of hydrogen-bond donors (Lipinski definition) is 0. The number of ether oxygens (including phenoxy) is 1. The molecule has 0 N–H and O–H groups in total. The van der Waals surface area contributed by atoms with Gasteiger partial charge in [-0.2, -0.15) is 0 Å². The third kappa shape index (κ3) is 2.94.